The summed E-state index contributed by atoms with van der Waals surface area (Å²) >= 11 is 5.83. The van der Waals surface area contributed by atoms with Crippen LogP contribution in [0.1, 0.15) is 19.3 Å². The molecule has 1 aromatic carbocycles. The van der Waals surface area contributed by atoms with Crippen LogP contribution in [0.15, 0.2) is 24.3 Å². The minimum absolute atomic E-state index is 0.365. The zero-order valence-electron chi connectivity index (χ0n) is 10.7. The van der Waals surface area contributed by atoms with Gasteiger partial charge in [-0.2, -0.15) is 0 Å². The van der Waals surface area contributed by atoms with Gasteiger partial charge in [-0.15, -0.1) is 0 Å². The first kappa shape index (κ1) is 13.7. The fourth-order valence-electron chi connectivity index (χ4n) is 2.40. The number of piperidine rings is 1. The fraction of sp³-hybridized carbons (Fsp3) is 0.533. The van der Waals surface area contributed by atoms with Crippen molar-refractivity contribution in [1.82, 2.24) is 5.32 Å². The Morgan fingerprint density at radius 2 is 1.94 bits per heavy atom. The highest BCUT2D eigenvalue weighted by molar-refractivity contribution is 6.30. The van der Waals surface area contributed by atoms with Gasteiger partial charge in [-0.25, -0.2) is 0 Å². The number of halogens is 1. The fourth-order valence-corrected chi connectivity index (χ4v) is 2.53. The molecule has 1 saturated heterocycles. The topological polar surface area (TPSA) is 21.3 Å². The molecule has 1 atom stereocenters. The summed E-state index contributed by atoms with van der Waals surface area (Å²) in [5.74, 6) is 2.05. The summed E-state index contributed by atoms with van der Waals surface area (Å²) in [4.78, 5) is 0. The van der Waals surface area contributed by atoms with Crippen molar-refractivity contribution in [3.8, 4) is 5.75 Å². The maximum Gasteiger partial charge on any atom is 0.119 e. The third-order valence-corrected chi connectivity index (χ3v) is 3.68. The number of rotatable bonds is 5. The van der Waals surface area contributed by atoms with E-state index in [1.54, 1.807) is 0 Å². The summed E-state index contributed by atoms with van der Waals surface area (Å²) in [6.07, 6.45) is 3.70. The first-order valence-corrected chi connectivity index (χ1v) is 7.04. The van der Waals surface area contributed by atoms with E-state index in [-0.39, 0.29) is 0 Å². The van der Waals surface area contributed by atoms with Crippen LogP contribution in [-0.4, -0.2) is 19.7 Å². The second-order valence-corrected chi connectivity index (χ2v) is 5.50. The van der Waals surface area contributed by atoms with E-state index in [0.717, 1.165) is 36.2 Å². The predicted molar refractivity (Wildman–Crippen MR) is 76.0 cm³/mol. The molecule has 1 fully saturated rings. The predicted octanol–water partition coefficient (Wildman–Crippen LogP) is 3.56. The van der Waals surface area contributed by atoms with Crippen molar-refractivity contribution in [3.63, 3.8) is 0 Å². The number of ether oxygens (including phenoxy) is 1. The number of benzene rings is 1. The zero-order valence-corrected chi connectivity index (χ0v) is 11.5. The smallest absolute Gasteiger partial charge is 0.119 e. The van der Waals surface area contributed by atoms with Gasteiger partial charge in [-0.05, 0) is 75.4 Å². The van der Waals surface area contributed by atoms with E-state index in [1.165, 1.54) is 12.8 Å². The van der Waals surface area contributed by atoms with E-state index in [2.05, 4.69) is 12.2 Å². The van der Waals surface area contributed by atoms with Gasteiger partial charge in [0, 0.05) is 5.02 Å². The zero-order chi connectivity index (χ0) is 12.8. The summed E-state index contributed by atoms with van der Waals surface area (Å²) in [5.41, 5.74) is 0. The van der Waals surface area contributed by atoms with Crippen molar-refractivity contribution in [3.05, 3.63) is 36.2 Å². The van der Waals surface area contributed by atoms with Crippen molar-refractivity contribution < 1.29 is 4.74 Å². The van der Waals surface area contributed by atoms with E-state index in [9.17, 15) is 0 Å². The summed E-state index contributed by atoms with van der Waals surface area (Å²) in [6, 6.07) is 7.50. The van der Waals surface area contributed by atoms with Crippen molar-refractivity contribution >= 4 is 11.6 Å². The molecule has 0 saturated carbocycles. The monoisotopic (exact) mass is 266 g/mol. The summed E-state index contributed by atoms with van der Waals surface area (Å²) in [6.45, 7) is 7.18. The minimum atomic E-state index is 0.365. The number of hydrogen-bond donors (Lipinski definition) is 1. The average molecular weight is 267 g/mol. The molecule has 1 aliphatic rings. The van der Waals surface area contributed by atoms with Gasteiger partial charge in [0.15, 0.2) is 0 Å². The van der Waals surface area contributed by atoms with Crippen LogP contribution >= 0.6 is 11.6 Å². The SMILES string of the molecule is [CH2]C(COc1ccc(Cl)cc1)CC1CCNCC1. The Hall–Kier alpha value is -0.730. The van der Waals surface area contributed by atoms with Gasteiger partial charge < -0.3 is 10.1 Å². The van der Waals surface area contributed by atoms with Crippen LogP contribution < -0.4 is 10.1 Å². The Kier molecular flexibility index (Phi) is 5.33. The Balaban J connectivity index is 1.70. The Morgan fingerprint density at radius 3 is 2.61 bits per heavy atom. The second kappa shape index (κ2) is 7.01. The van der Waals surface area contributed by atoms with Gasteiger partial charge in [0.25, 0.3) is 0 Å². The maximum absolute atomic E-state index is 5.83. The lowest BCUT2D eigenvalue weighted by Crippen LogP contribution is -2.29. The number of nitrogens with one attached hydrogen (secondary N) is 1. The average Bonchev–Trinajstić information content (AvgIpc) is 2.39. The summed E-state index contributed by atoms with van der Waals surface area (Å²) in [7, 11) is 0. The van der Waals surface area contributed by atoms with Gasteiger partial charge in [-0.1, -0.05) is 11.6 Å². The van der Waals surface area contributed by atoms with Crippen molar-refractivity contribution in [1.29, 1.82) is 0 Å². The van der Waals surface area contributed by atoms with Crippen LogP contribution in [0.5, 0.6) is 5.75 Å². The molecule has 2 rings (SSSR count). The van der Waals surface area contributed by atoms with Crippen LogP contribution in [0.4, 0.5) is 0 Å². The van der Waals surface area contributed by atoms with Crippen molar-refractivity contribution in [2.75, 3.05) is 19.7 Å². The van der Waals surface area contributed by atoms with E-state index in [0.29, 0.717) is 12.5 Å². The molecule has 0 aliphatic carbocycles. The Bertz CT molecular complexity index is 346. The highest BCUT2D eigenvalue weighted by Gasteiger charge is 2.16. The van der Waals surface area contributed by atoms with Gasteiger partial charge >= 0.3 is 0 Å². The van der Waals surface area contributed by atoms with Gasteiger partial charge in [0.2, 0.25) is 0 Å². The third kappa shape index (κ3) is 4.51. The first-order valence-electron chi connectivity index (χ1n) is 6.66. The molecule has 0 amide bonds. The van der Waals surface area contributed by atoms with E-state index in [1.807, 2.05) is 24.3 Å². The largest absolute Gasteiger partial charge is 0.493 e. The van der Waals surface area contributed by atoms with Crippen LogP contribution in [0.25, 0.3) is 0 Å². The lowest BCUT2D eigenvalue weighted by Gasteiger charge is -2.25. The lowest BCUT2D eigenvalue weighted by molar-refractivity contribution is 0.231. The summed E-state index contributed by atoms with van der Waals surface area (Å²) < 4.78 is 5.73. The maximum atomic E-state index is 5.83. The van der Waals surface area contributed by atoms with E-state index >= 15 is 0 Å². The molecule has 3 heteroatoms. The quantitative estimate of drug-likeness (QED) is 0.880. The Labute approximate surface area is 115 Å². The van der Waals surface area contributed by atoms with Gasteiger partial charge in [0.1, 0.15) is 5.75 Å². The standard InChI is InChI=1S/C15H21ClNO/c1-12(10-13-6-8-17-9-7-13)11-18-15-4-2-14(16)3-5-15/h2-5,12-13,17H,1,6-11H2. The Morgan fingerprint density at radius 1 is 1.28 bits per heavy atom. The molecule has 1 unspecified atom stereocenters. The minimum Gasteiger partial charge on any atom is -0.493 e. The molecular formula is C15H21ClNO. The van der Waals surface area contributed by atoms with Crippen LogP contribution in [-0.2, 0) is 0 Å². The molecule has 1 aliphatic heterocycles. The van der Waals surface area contributed by atoms with Crippen LogP contribution in [0.2, 0.25) is 5.02 Å². The highest BCUT2D eigenvalue weighted by atomic mass is 35.5. The van der Waals surface area contributed by atoms with Crippen molar-refractivity contribution in [2.45, 2.75) is 19.3 Å². The van der Waals surface area contributed by atoms with Crippen LogP contribution in [0.3, 0.4) is 0 Å². The molecule has 99 valence electrons. The third-order valence-electron chi connectivity index (χ3n) is 3.42. The van der Waals surface area contributed by atoms with E-state index < -0.39 is 0 Å². The van der Waals surface area contributed by atoms with Crippen molar-refractivity contribution in [2.24, 2.45) is 11.8 Å². The highest BCUT2D eigenvalue weighted by Crippen LogP contribution is 2.22. The molecular weight excluding hydrogens is 246 g/mol. The van der Waals surface area contributed by atoms with Gasteiger partial charge in [0.05, 0.1) is 6.61 Å². The molecule has 1 heterocycles. The molecule has 2 nitrogen and oxygen atoms in total. The lowest BCUT2D eigenvalue weighted by atomic mass is 9.89. The molecule has 18 heavy (non-hydrogen) atoms. The van der Waals surface area contributed by atoms with E-state index in [4.69, 9.17) is 16.3 Å². The molecule has 1 aromatic rings. The van der Waals surface area contributed by atoms with Gasteiger partial charge in [-0.3, -0.25) is 0 Å². The summed E-state index contributed by atoms with van der Waals surface area (Å²) in [5, 5.41) is 4.13. The normalized spacial score (nSPS) is 18.6. The second-order valence-electron chi connectivity index (χ2n) is 5.06. The first-order chi connectivity index (χ1) is 8.74. The van der Waals surface area contributed by atoms with Crippen LogP contribution in [0, 0.1) is 18.8 Å². The molecule has 1 N–H and O–H groups in total. The molecule has 0 spiro atoms. The molecule has 0 bridgehead atoms. The molecule has 1 radical (unpaired) electrons. The molecule has 0 aromatic heterocycles. The number of hydrogen-bond acceptors (Lipinski definition) is 2.